The van der Waals surface area contributed by atoms with E-state index in [0.717, 1.165) is 12.8 Å². The Morgan fingerprint density at radius 3 is 2.19 bits per heavy atom. The van der Waals surface area contributed by atoms with Gasteiger partial charge in [-0.2, -0.15) is 0 Å². The van der Waals surface area contributed by atoms with Crippen LogP contribution in [0.1, 0.15) is 38.5 Å². The van der Waals surface area contributed by atoms with Gasteiger partial charge in [0.1, 0.15) is 0 Å². The topological polar surface area (TPSA) is 125 Å². The van der Waals surface area contributed by atoms with Gasteiger partial charge in [0.2, 0.25) is 11.8 Å². The summed E-state index contributed by atoms with van der Waals surface area (Å²) in [6.07, 6.45) is 3.07. The molecular weight excluding hydrogens is 278 g/mol. The molecule has 0 atom stereocenters. The molecule has 1 aliphatic carbocycles. The lowest BCUT2D eigenvalue weighted by atomic mass is 9.79. The van der Waals surface area contributed by atoms with Gasteiger partial charge < -0.3 is 15.7 Å². The Labute approximate surface area is 122 Å². The molecule has 0 spiro atoms. The number of carboxylic acids is 1. The van der Waals surface area contributed by atoms with E-state index in [-0.39, 0.29) is 25.3 Å². The maximum Gasteiger partial charge on any atom is 0.321 e. The highest BCUT2D eigenvalue weighted by Crippen LogP contribution is 2.43. The third-order valence-electron chi connectivity index (χ3n) is 3.67. The number of carbonyl (C=O) groups excluding carboxylic acids is 3. The highest BCUT2D eigenvalue weighted by Gasteiger charge is 2.38. The summed E-state index contributed by atoms with van der Waals surface area (Å²) in [5.41, 5.74) is -0.559. The number of amides is 4. The second-order valence-electron chi connectivity index (χ2n) is 5.36. The molecule has 0 aromatic heterocycles. The molecule has 0 aliphatic heterocycles. The van der Waals surface area contributed by atoms with Gasteiger partial charge in [-0.15, -0.1) is 0 Å². The largest absolute Gasteiger partial charge is 0.481 e. The van der Waals surface area contributed by atoms with E-state index in [1.807, 2.05) is 0 Å². The minimum atomic E-state index is -0.936. The molecule has 0 saturated heterocycles. The smallest absolute Gasteiger partial charge is 0.321 e. The third kappa shape index (κ3) is 5.80. The van der Waals surface area contributed by atoms with Crippen LogP contribution in [-0.4, -0.2) is 42.5 Å². The molecule has 118 valence electrons. The van der Waals surface area contributed by atoms with Gasteiger partial charge in [0.25, 0.3) is 0 Å². The molecule has 0 unspecified atom stereocenters. The Hall–Kier alpha value is -2.12. The molecule has 1 saturated carbocycles. The second-order valence-corrected chi connectivity index (χ2v) is 5.36. The molecule has 0 aromatic carbocycles. The fourth-order valence-corrected chi connectivity index (χ4v) is 2.67. The van der Waals surface area contributed by atoms with E-state index in [9.17, 15) is 19.2 Å². The molecule has 0 radical (unpaired) electrons. The van der Waals surface area contributed by atoms with Crippen LogP contribution in [-0.2, 0) is 14.4 Å². The van der Waals surface area contributed by atoms with Gasteiger partial charge in [0.15, 0.2) is 0 Å². The predicted octanol–water partition coefficient (Wildman–Crippen LogP) is -0.0166. The van der Waals surface area contributed by atoms with Crippen LogP contribution in [0.3, 0.4) is 0 Å². The number of carbonyl (C=O) groups is 4. The highest BCUT2D eigenvalue weighted by atomic mass is 16.4. The summed E-state index contributed by atoms with van der Waals surface area (Å²) in [6, 6.07) is -0.757. The number of hydrogen-bond acceptors (Lipinski definition) is 4. The second kappa shape index (κ2) is 7.61. The average molecular weight is 299 g/mol. The number of hydrogen-bond donors (Lipinski definition) is 4. The standard InChI is InChI=1S/C13H21N3O5/c1-14-10(18)8-15-12(21)16-9(17)6-13(7-11(19)20)4-2-3-5-13/h2-8H2,1H3,(H,14,18)(H,19,20)(H2,15,16,17,21). The minimum Gasteiger partial charge on any atom is -0.481 e. The Morgan fingerprint density at radius 1 is 1.05 bits per heavy atom. The lowest BCUT2D eigenvalue weighted by Crippen LogP contribution is -2.44. The Balaban J connectivity index is 2.45. The molecule has 8 nitrogen and oxygen atoms in total. The first-order valence-corrected chi connectivity index (χ1v) is 6.87. The SMILES string of the molecule is CNC(=O)CNC(=O)NC(=O)CC1(CC(=O)O)CCCC1. The summed E-state index contributed by atoms with van der Waals surface area (Å²) >= 11 is 0. The van der Waals surface area contributed by atoms with Gasteiger partial charge in [-0.25, -0.2) is 4.79 Å². The van der Waals surface area contributed by atoms with Crippen molar-refractivity contribution in [3.8, 4) is 0 Å². The van der Waals surface area contributed by atoms with Crippen molar-refractivity contribution in [1.29, 1.82) is 0 Å². The number of likely N-dealkylation sites (N-methyl/N-ethyl adjacent to an activating group) is 1. The predicted molar refractivity (Wildman–Crippen MR) is 73.4 cm³/mol. The first-order chi connectivity index (χ1) is 9.87. The van der Waals surface area contributed by atoms with Crippen LogP contribution in [0.15, 0.2) is 0 Å². The van der Waals surface area contributed by atoms with Crippen molar-refractivity contribution >= 4 is 23.8 Å². The van der Waals surface area contributed by atoms with Crippen molar-refractivity contribution in [2.24, 2.45) is 5.41 Å². The van der Waals surface area contributed by atoms with E-state index in [1.165, 1.54) is 7.05 Å². The first kappa shape index (κ1) is 16.9. The summed E-state index contributed by atoms with van der Waals surface area (Å²) in [5.74, 6) is -1.84. The van der Waals surface area contributed by atoms with Gasteiger partial charge >= 0.3 is 12.0 Å². The van der Waals surface area contributed by atoms with Crippen molar-refractivity contribution in [3.63, 3.8) is 0 Å². The molecule has 8 heteroatoms. The Kier molecular flexibility index (Phi) is 6.13. The lowest BCUT2D eigenvalue weighted by Gasteiger charge is -2.26. The fraction of sp³-hybridized carbons (Fsp3) is 0.692. The fourth-order valence-electron chi connectivity index (χ4n) is 2.67. The van der Waals surface area contributed by atoms with Crippen LogP contribution in [0.25, 0.3) is 0 Å². The molecule has 4 N–H and O–H groups in total. The lowest BCUT2D eigenvalue weighted by molar-refractivity contribution is -0.140. The van der Waals surface area contributed by atoms with E-state index >= 15 is 0 Å². The summed E-state index contributed by atoms with van der Waals surface area (Å²) in [5, 5.41) is 15.6. The zero-order valence-electron chi connectivity index (χ0n) is 12.0. The molecule has 0 heterocycles. The van der Waals surface area contributed by atoms with Gasteiger partial charge in [-0.1, -0.05) is 12.8 Å². The number of urea groups is 1. The van der Waals surface area contributed by atoms with Crippen LogP contribution < -0.4 is 16.0 Å². The van der Waals surface area contributed by atoms with Crippen LogP contribution in [0.5, 0.6) is 0 Å². The van der Waals surface area contributed by atoms with Crippen molar-refractivity contribution < 1.29 is 24.3 Å². The zero-order valence-corrected chi connectivity index (χ0v) is 12.0. The highest BCUT2D eigenvalue weighted by molar-refractivity contribution is 5.96. The summed E-state index contributed by atoms with van der Waals surface area (Å²) in [6.45, 7) is -0.226. The molecule has 4 amide bonds. The molecule has 1 fully saturated rings. The minimum absolute atomic E-state index is 0.00664. The Bertz CT molecular complexity index is 430. The van der Waals surface area contributed by atoms with Crippen molar-refractivity contribution in [2.75, 3.05) is 13.6 Å². The first-order valence-electron chi connectivity index (χ1n) is 6.87. The van der Waals surface area contributed by atoms with Crippen LogP contribution in [0, 0.1) is 5.41 Å². The maximum atomic E-state index is 11.8. The number of carboxylic acid groups (broad SMARTS) is 1. The third-order valence-corrected chi connectivity index (χ3v) is 3.67. The van der Waals surface area contributed by atoms with Gasteiger partial charge in [0, 0.05) is 13.5 Å². The van der Waals surface area contributed by atoms with E-state index in [1.54, 1.807) is 0 Å². The normalized spacial score (nSPS) is 16.0. The van der Waals surface area contributed by atoms with Crippen LogP contribution >= 0.6 is 0 Å². The van der Waals surface area contributed by atoms with Gasteiger partial charge in [-0.3, -0.25) is 19.7 Å². The zero-order chi connectivity index (χ0) is 15.9. The molecular formula is C13H21N3O5. The average Bonchev–Trinajstić information content (AvgIpc) is 2.82. The molecule has 21 heavy (non-hydrogen) atoms. The monoisotopic (exact) mass is 299 g/mol. The van der Waals surface area contributed by atoms with Crippen molar-refractivity contribution in [1.82, 2.24) is 16.0 Å². The summed E-state index contributed by atoms with van der Waals surface area (Å²) < 4.78 is 0. The van der Waals surface area contributed by atoms with E-state index in [0.29, 0.717) is 12.8 Å². The van der Waals surface area contributed by atoms with E-state index < -0.39 is 23.3 Å². The van der Waals surface area contributed by atoms with Crippen LogP contribution in [0.4, 0.5) is 4.79 Å². The molecule has 0 aromatic rings. The molecule has 0 bridgehead atoms. The van der Waals surface area contributed by atoms with Gasteiger partial charge in [0.05, 0.1) is 13.0 Å². The summed E-state index contributed by atoms with van der Waals surface area (Å²) in [7, 11) is 1.43. The number of nitrogens with one attached hydrogen (secondary N) is 3. The molecule has 1 rings (SSSR count). The van der Waals surface area contributed by atoms with Crippen molar-refractivity contribution in [3.05, 3.63) is 0 Å². The summed E-state index contributed by atoms with van der Waals surface area (Å²) in [4.78, 5) is 45.1. The Morgan fingerprint density at radius 2 is 1.67 bits per heavy atom. The van der Waals surface area contributed by atoms with Crippen LogP contribution in [0.2, 0.25) is 0 Å². The molecule has 1 aliphatic rings. The van der Waals surface area contributed by atoms with Gasteiger partial charge in [-0.05, 0) is 18.3 Å². The van der Waals surface area contributed by atoms with E-state index in [4.69, 9.17) is 5.11 Å². The van der Waals surface area contributed by atoms with Crippen molar-refractivity contribution in [2.45, 2.75) is 38.5 Å². The number of aliphatic carboxylic acids is 1. The number of rotatable bonds is 6. The van der Waals surface area contributed by atoms with E-state index in [2.05, 4.69) is 16.0 Å². The maximum absolute atomic E-state index is 11.8. The number of imide groups is 1. The quantitative estimate of drug-likeness (QED) is 0.549.